The second-order valence-electron chi connectivity index (χ2n) is 8.43. The van der Waals surface area contributed by atoms with Crippen LogP contribution in [-0.2, 0) is 19.7 Å². The Labute approximate surface area is 176 Å². The van der Waals surface area contributed by atoms with E-state index in [0.717, 1.165) is 36.0 Å². The molecule has 0 aliphatic carbocycles. The number of hydrogen-bond acceptors (Lipinski definition) is 3. The summed E-state index contributed by atoms with van der Waals surface area (Å²) in [5, 5.41) is 3.30. The number of piperidine rings is 1. The minimum atomic E-state index is -0.524. The number of halogens is 1. The quantitative estimate of drug-likeness (QED) is 0.744. The van der Waals surface area contributed by atoms with E-state index < -0.39 is 5.41 Å². The molecule has 0 radical (unpaired) electrons. The molecule has 2 heterocycles. The van der Waals surface area contributed by atoms with Crippen molar-refractivity contribution in [2.75, 3.05) is 26.3 Å². The molecule has 2 fully saturated rings. The number of carbonyl (C=O) groups excluding carboxylic acids is 2. The molecule has 0 bridgehead atoms. The molecule has 5 nitrogen and oxygen atoms in total. The van der Waals surface area contributed by atoms with Crippen molar-refractivity contribution in [3.63, 3.8) is 0 Å². The van der Waals surface area contributed by atoms with Gasteiger partial charge in [-0.2, -0.15) is 0 Å². The lowest BCUT2D eigenvalue weighted by Gasteiger charge is -2.39. The van der Waals surface area contributed by atoms with Crippen LogP contribution in [0.5, 0.6) is 0 Å². The molecule has 0 atom stereocenters. The Balaban J connectivity index is 1.63. The summed E-state index contributed by atoms with van der Waals surface area (Å²) in [4.78, 5) is 27.6. The van der Waals surface area contributed by atoms with E-state index in [0.29, 0.717) is 38.4 Å². The number of nitrogens with one attached hydrogen (secondary N) is 1. The fourth-order valence-corrected chi connectivity index (χ4v) is 4.48. The molecule has 1 N–H and O–H groups in total. The van der Waals surface area contributed by atoms with Crippen LogP contribution in [0.4, 0.5) is 0 Å². The lowest BCUT2D eigenvalue weighted by atomic mass is 9.73. The van der Waals surface area contributed by atoms with Crippen molar-refractivity contribution in [3.8, 4) is 0 Å². The number of benzene rings is 1. The lowest BCUT2D eigenvalue weighted by molar-refractivity contribution is -0.134. The van der Waals surface area contributed by atoms with Gasteiger partial charge in [0, 0.05) is 43.2 Å². The van der Waals surface area contributed by atoms with Crippen LogP contribution in [0.25, 0.3) is 0 Å². The predicted molar refractivity (Wildman–Crippen MR) is 113 cm³/mol. The van der Waals surface area contributed by atoms with Gasteiger partial charge in [0.25, 0.3) is 0 Å². The molecule has 2 amide bonds. The van der Waals surface area contributed by atoms with Gasteiger partial charge in [-0.05, 0) is 49.3 Å². The van der Waals surface area contributed by atoms with Crippen LogP contribution in [0.2, 0.25) is 0 Å². The molecule has 154 valence electrons. The van der Waals surface area contributed by atoms with Gasteiger partial charge >= 0.3 is 0 Å². The summed E-state index contributed by atoms with van der Waals surface area (Å²) >= 11 is 3.48. The predicted octanol–water partition coefficient (Wildman–Crippen LogP) is 3.65. The first kappa shape index (κ1) is 21.3. The lowest BCUT2D eigenvalue weighted by Crippen LogP contribution is -2.53. The molecule has 1 aromatic rings. The molecule has 2 aliphatic heterocycles. The summed E-state index contributed by atoms with van der Waals surface area (Å²) in [6, 6.07) is 8.22. The monoisotopic (exact) mass is 450 g/mol. The van der Waals surface area contributed by atoms with Crippen molar-refractivity contribution in [2.45, 2.75) is 57.4 Å². The Morgan fingerprint density at radius 3 is 2.36 bits per heavy atom. The molecular formula is C22H31BrN2O3. The summed E-state index contributed by atoms with van der Waals surface area (Å²) in [6.45, 7) is 6.80. The molecule has 2 saturated heterocycles. The molecule has 0 saturated carbocycles. The average Bonchev–Trinajstić information content (AvgIpc) is 2.69. The van der Waals surface area contributed by atoms with E-state index in [1.807, 2.05) is 29.2 Å². The Morgan fingerprint density at radius 2 is 1.79 bits per heavy atom. The maximum absolute atomic E-state index is 13.4. The van der Waals surface area contributed by atoms with Gasteiger partial charge in [-0.3, -0.25) is 9.59 Å². The van der Waals surface area contributed by atoms with Gasteiger partial charge in [0.15, 0.2) is 0 Å². The highest BCUT2D eigenvalue weighted by molar-refractivity contribution is 9.10. The van der Waals surface area contributed by atoms with Gasteiger partial charge in [-0.25, -0.2) is 0 Å². The summed E-state index contributed by atoms with van der Waals surface area (Å²) in [5.74, 6) is 0.713. The zero-order chi connectivity index (χ0) is 20.1. The van der Waals surface area contributed by atoms with Crippen molar-refractivity contribution in [1.82, 2.24) is 10.2 Å². The van der Waals surface area contributed by atoms with E-state index in [-0.39, 0.29) is 17.9 Å². The van der Waals surface area contributed by atoms with Crippen LogP contribution >= 0.6 is 15.9 Å². The first-order valence-corrected chi connectivity index (χ1v) is 11.1. The molecule has 28 heavy (non-hydrogen) atoms. The Bertz CT molecular complexity index is 676. The molecule has 0 spiro atoms. The number of amides is 2. The Hall–Kier alpha value is -1.40. The first-order chi connectivity index (χ1) is 13.4. The van der Waals surface area contributed by atoms with E-state index >= 15 is 0 Å². The molecule has 3 rings (SSSR count). The molecular weight excluding hydrogens is 420 g/mol. The van der Waals surface area contributed by atoms with Crippen LogP contribution in [0.3, 0.4) is 0 Å². The third-order valence-corrected chi connectivity index (χ3v) is 6.47. The number of hydrogen-bond donors (Lipinski definition) is 1. The van der Waals surface area contributed by atoms with E-state index in [9.17, 15) is 9.59 Å². The Morgan fingerprint density at radius 1 is 1.18 bits per heavy atom. The number of ether oxygens (including phenoxy) is 1. The van der Waals surface area contributed by atoms with Crippen molar-refractivity contribution < 1.29 is 14.3 Å². The van der Waals surface area contributed by atoms with Crippen LogP contribution in [0.15, 0.2) is 28.7 Å². The topological polar surface area (TPSA) is 58.6 Å². The highest BCUT2D eigenvalue weighted by atomic mass is 79.9. The summed E-state index contributed by atoms with van der Waals surface area (Å²) in [7, 11) is 0. The second-order valence-corrected chi connectivity index (χ2v) is 9.34. The van der Waals surface area contributed by atoms with Gasteiger partial charge in [-0.1, -0.05) is 41.9 Å². The van der Waals surface area contributed by atoms with E-state index in [2.05, 4.69) is 35.1 Å². The summed E-state index contributed by atoms with van der Waals surface area (Å²) in [5.41, 5.74) is 0.532. The van der Waals surface area contributed by atoms with Crippen molar-refractivity contribution in [3.05, 3.63) is 34.3 Å². The maximum Gasteiger partial charge on any atom is 0.231 e. The normalized spacial score (nSPS) is 20.2. The molecule has 0 aromatic heterocycles. The molecule has 1 aromatic carbocycles. The summed E-state index contributed by atoms with van der Waals surface area (Å²) in [6.07, 6.45) is 3.65. The fourth-order valence-electron chi connectivity index (χ4n) is 4.21. The fraction of sp³-hybridized carbons (Fsp3) is 0.636. The van der Waals surface area contributed by atoms with Crippen LogP contribution in [0, 0.1) is 5.92 Å². The van der Waals surface area contributed by atoms with Gasteiger partial charge in [0.2, 0.25) is 11.8 Å². The average molecular weight is 451 g/mol. The molecule has 6 heteroatoms. The third-order valence-electron chi connectivity index (χ3n) is 5.94. The largest absolute Gasteiger partial charge is 0.381 e. The van der Waals surface area contributed by atoms with Gasteiger partial charge in [0.1, 0.15) is 0 Å². The maximum atomic E-state index is 13.4. The van der Waals surface area contributed by atoms with Crippen molar-refractivity contribution >= 4 is 27.7 Å². The third kappa shape index (κ3) is 4.95. The van der Waals surface area contributed by atoms with Crippen molar-refractivity contribution in [1.29, 1.82) is 0 Å². The standard InChI is InChI=1S/C22H31BrN2O3/c1-16(2)15-20(26)25-11-7-19(8-12-25)24-21(27)22(9-13-28-14-10-22)17-3-5-18(23)6-4-17/h3-6,16,19H,7-15H2,1-2H3,(H,24,27). The number of likely N-dealkylation sites (tertiary alicyclic amines) is 1. The number of nitrogens with zero attached hydrogens (tertiary/aromatic N) is 1. The van der Waals surface area contributed by atoms with E-state index in [1.165, 1.54) is 0 Å². The van der Waals surface area contributed by atoms with Gasteiger partial charge in [0.05, 0.1) is 5.41 Å². The van der Waals surface area contributed by atoms with Gasteiger partial charge < -0.3 is 15.0 Å². The zero-order valence-corrected chi connectivity index (χ0v) is 18.5. The SMILES string of the molecule is CC(C)CC(=O)N1CCC(NC(=O)C2(c3ccc(Br)cc3)CCOCC2)CC1. The smallest absolute Gasteiger partial charge is 0.231 e. The summed E-state index contributed by atoms with van der Waals surface area (Å²) < 4.78 is 6.56. The highest BCUT2D eigenvalue weighted by Crippen LogP contribution is 2.36. The van der Waals surface area contributed by atoms with Crippen LogP contribution in [0.1, 0.15) is 51.5 Å². The molecule has 2 aliphatic rings. The number of rotatable bonds is 5. The van der Waals surface area contributed by atoms with E-state index in [1.54, 1.807) is 0 Å². The van der Waals surface area contributed by atoms with Crippen LogP contribution < -0.4 is 5.32 Å². The van der Waals surface area contributed by atoms with Gasteiger partial charge in [-0.15, -0.1) is 0 Å². The minimum Gasteiger partial charge on any atom is -0.381 e. The first-order valence-electron chi connectivity index (χ1n) is 10.3. The Kier molecular flexibility index (Phi) is 7.15. The van der Waals surface area contributed by atoms with Crippen LogP contribution in [-0.4, -0.2) is 49.1 Å². The highest BCUT2D eigenvalue weighted by Gasteiger charge is 2.42. The second kappa shape index (κ2) is 9.40. The van der Waals surface area contributed by atoms with E-state index in [4.69, 9.17) is 4.74 Å². The number of carbonyl (C=O) groups is 2. The molecule has 0 unspecified atom stereocenters. The van der Waals surface area contributed by atoms with Crippen molar-refractivity contribution in [2.24, 2.45) is 5.92 Å². The zero-order valence-electron chi connectivity index (χ0n) is 16.9. The minimum absolute atomic E-state index is 0.102.